The summed E-state index contributed by atoms with van der Waals surface area (Å²) in [6.45, 7) is 0.542. The van der Waals surface area contributed by atoms with Gasteiger partial charge in [-0.1, -0.05) is 24.4 Å². The molecule has 0 spiro atoms. The van der Waals surface area contributed by atoms with Gasteiger partial charge in [0.05, 0.1) is 23.9 Å². The maximum Gasteiger partial charge on any atom is 0.393 e. The number of amides is 1. The summed E-state index contributed by atoms with van der Waals surface area (Å²) >= 11 is 6.04. The number of hydrogen-bond acceptors (Lipinski definition) is 7. The zero-order valence-electron chi connectivity index (χ0n) is 22.8. The Hall–Kier alpha value is -3.35. The molecule has 42 heavy (non-hydrogen) atoms. The average Bonchev–Trinajstić information content (AvgIpc) is 3.14. The Morgan fingerprint density at radius 2 is 1.79 bits per heavy atom. The predicted octanol–water partition coefficient (Wildman–Crippen LogP) is 5.75. The molecule has 1 amide bonds. The molecular weight excluding hydrogens is 595 g/mol. The maximum absolute atomic E-state index is 13.1. The number of fused-ring (bicyclic) bond motifs is 1. The van der Waals surface area contributed by atoms with Gasteiger partial charge in [-0.25, -0.2) is 8.42 Å². The first kappa shape index (κ1) is 31.6. The van der Waals surface area contributed by atoms with Crippen LogP contribution in [0.25, 0.3) is 10.9 Å². The maximum atomic E-state index is 13.1. The van der Waals surface area contributed by atoms with E-state index in [1.807, 2.05) is 12.1 Å². The fourth-order valence-electron chi connectivity index (χ4n) is 4.92. The summed E-state index contributed by atoms with van der Waals surface area (Å²) in [7, 11) is -2.77. The third-order valence-electron chi connectivity index (χ3n) is 6.93. The number of aromatic nitrogens is 1. The summed E-state index contributed by atoms with van der Waals surface area (Å²) in [6, 6.07) is 12.7. The molecule has 2 N–H and O–H groups in total. The SMILES string of the molecule is COc1ccc(S(=O)(=O)CC2(O)C=C(CC(F)(F)F)C(=O)N2CCCCCCNc2ccnc3cc(Cl)ccc23)cc1. The van der Waals surface area contributed by atoms with Gasteiger partial charge in [-0.2, -0.15) is 13.2 Å². The van der Waals surface area contributed by atoms with Crippen LogP contribution in [0.3, 0.4) is 0 Å². The van der Waals surface area contributed by atoms with Crippen LogP contribution in [0.4, 0.5) is 18.9 Å². The Labute approximate surface area is 247 Å². The van der Waals surface area contributed by atoms with E-state index in [2.05, 4.69) is 10.3 Å². The molecule has 0 fully saturated rings. The Balaban J connectivity index is 1.36. The number of hydrogen-bond donors (Lipinski definition) is 2. The molecule has 1 atom stereocenters. The van der Waals surface area contributed by atoms with Crippen molar-refractivity contribution in [1.29, 1.82) is 0 Å². The van der Waals surface area contributed by atoms with Gasteiger partial charge in [0.1, 0.15) is 11.5 Å². The highest BCUT2D eigenvalue weighted by molar-refractivity contribution is 7.91. The minimum atomic E-state index is -4.70. The number of anilines is 1. The monoisotopic (exact) mass is 625 g/mol. The number of carbonyl (C=O) groups excluding carboxylic acids is 1. The Morgan fingerprint density at radius 3 is 2.48 bits per heavy atom. The largest absolute Gasteiger partial charge is 0.497 e. The molecule has 0 aliphatic carbocycles. The molecule has 3 aromatic rings. The van der Waals surface area contributed by atoms with Crippen LogP contribution >= 0.6 is 11.6 Å². The number of carbonyl (C=O) groups is 1. The molecule has 4 rings (SSSR count). The van der Waals surface area contributed by atoms with Crippen molar-refractivity contribution < 1.29 is 36.2 Å². The van der Waals surface area contributed by atoms with Crippen molar-refractivity contribution in [2.45, 2.75) is 48.9 Å². The van der Waals surface area contributed by atoms with Gasteiger partial charge in [0.25, 0.3) is 5.91 Å². The molecule has 13 heteroatoms. The van der Waals surface area contributed by atoms with E-state index in [1.165, 1.54) is 31.4 Å². The lowest BCUT2D eigenvalue weighted by molar-refractivity contribution is -0.145. The number of ether oxygens (including phenoxy) is 1. The van der Waals surface area contributed by atoms with Crippen molar-refractivity contribution in [3.8, 4) is 5.75 Å². The molecule has 8 nitrogen and oxygen atoms in total. The summed E-state index contributed by atoms with van der Waals surface area (Å²) in [5, 5.41) is 16.2. The summed E-state index contributed by atoms with van der Waals surface area (Å²) < 4.78 is 70.7. The van der Waals surface area contributed by atoms with Crippen molar-refractivity contribution in [2.75, 3.05) is 31.3 Å². The highest BCUT2D eigenvalue weighted by atomic mass is 35.5. The smallest absolute Gasteiger partial charge is 0.393 e. The zero-order chi connectivity index (χ0) is 30.5. The van der Waals surface area contributed by atoms with Gasteiger partial charge in [0.15, 0.2) is 15.6 Å². The lowest BCUT2D eigenvalue weighted by Gasteiger charge is -2.33. The molecular formula is C29H31ClF3N3O5S. The van der Waals surface area contributed by atoms with E-state index in [0.29, 0.717) is 30.2 Å². The Morgan fingerprint density at radius 1 is 1.07 bits per heavy atom. The topological polar surface area (TPSA) is 109 Å². The van der Waals surface area contributed by atoms with Crippen molar-refractivity contribution in [1.82, 2.24) is 9.88 Å². The molecule has 0 bridgehead atoms. The molecule has 1 unspecified atom stereocenters. The van der Waals surface area contributed by atoms with Crippen molar-refractivity contribution >= 4 is 43.9 Å². The van der Waals surface area contributed by atoms with Gasteiger partial charge in [0, 0.05) is 41.0 Å². The minimum absolute atomic E-state index is 0.103. The lowest BCUT2D eigenvalue weighted by Crippen LogP contribution is -2.51. The van der Waals surface area contributed by atoms with Crippen LogP contribution in [0, 0.1) is 0 Å². The van der Waals surface area contributed by atoms with E-state index in [-0.39, 0.29) is 11.4 Å². The van der Waals surface area contributed by atoms with Crippen molar-refractivity contribution in [2.24, 2.45) is 0 Å². The van der Waals surface area contributed by atoms with Gasteiger partial charge in [-0.3, -0.25) is 9.78 Å². The van der Waals surface area contributed by atoms with E-state index in [0.717, 1.165) is 40.4 Å². The van der Waals surface area contributed by atoms with Crippen molar-refractivity contribution in [3.63, 3.8) is 0 Å². The third kappa shape index (κ3) is 7.73. The number of unbranched alkanes of at least 4 members (excludes halogenated alkanes) is 3. The summed E-state index contributed by atoms with van der Waals surface area (Å²) in [5.74, 6) is -1.59. The van der Waals surface area contributed by atoms with Gasteiger partial charge in [-0.15, -0.1) is 0 Å². The highest BCUT2D eigenvalue weighted by Gasteiger charge is 2.48. The Bertz CT molecular complexity index is 1560. The number of nitrogens with one attached hydrogen (secondary N) is 1. The summed E-state index contributed by atoms with van der Waals surface area (Å²) in [4.78, 5) is 17.9. The number of aliphatic hydroxyl groups is 1. The minimum Gasteiger partial charge on any atom is -0.497 e. The predicted molar refractivity (Wildman–Crippen MR) is 154 cm³/mol. The number of alkyl halides is 3. The van der Waals surface area contributed by atoms with E-state index >= 15 is 0 Å². The highest BCUT2D eigenvalue weighted by Crippen LogP contribution is 2.36. The summed E-state index contributed by atoms with van der Waals surface area (Å²) in [6.07, 6.45) is -1.38. The first-order chi connectivity index (χ1) is 19.8. The number of methoxy groups -OCH3 is 1. The fraction of sp³-hybridized carbons (Fsp3) is 0.379. The first-order valence-electron chi connectivity index (χ1n) is 13.3. The molecule has 0 saturated carbocycles. The Kier molecular flexibility index (Phi) is 9.69. The van der Waals surface area contributed by atoms with Crippen LogP contribution in [-0.4, -0.2) is 67.2 Å². The quantitative estimate of drug-likeness (QED) is 0.233. The standard InChI is InChI=1S/C29H31ClF3N3O5S/c1-41-22-7-9-23(10-8-22)42(39,40)19-28(38)17-20(18-29(31,32)33)27(37)36(28)15-5-3-2-4-13-34-25-12-14-35-26-16-21(30)6-11-24(25)26/h6-12,14,16-17,38H,2-5,13,15,18-19H2,1H3,(H,34,35). The van der Waals surface area contributed by atoms with E-state index in [1.54, 1.807) is 18.3 Å². The van der Waals surface area contributed by atoms with Gasteiger partial charge in [0.2, 0.25) is 0 Å². The number of rotatable bonds is 13. The van der Waals surface area contributed by atoms with Crippen molar-refractivity contribution in [3.05, 3.63) is 71.4 Å². The van der Waals surface area contributed by atoms with Crippen LogP contribution in [0.5, 0.6) is 5.75 Å². The first-order valence-corrected chi connectivity index (χ1v) is 15.3. The molecule has 2 aromatic carbocycles. The number of sulfone groups is 1. The molecule has 226 valence electrons. The van der Waals surface area contributed by atoms with Crippen LogP contribution in [0.2, 0.25) is 5.02 Å². The average molecular weight is 626 g/mol. The number of benzene rings is 2. The van der Waals surface area contributed by atoms with Crippen LogP contribution in [-0.2, 0) is 14.6 Å². The number of nitrogens with zero attached hydrogens (tertiary/aromatic N) is 2. The lowest BCUT2D eigenvalue weighted by atomic mass is 10.1. The van der Waals surface area contributed by atoms with Crippen LogP contribution in [0.15, 0.2) is 71.3 Å². The van der Waals surface area contributed by atoms with E-state index in [9.17, 15) is 31.5 Å². The molecule has 1 aliphatic heterocycles. The zero-order valence-corrected chi connectivity index (χ0v) is 24.4. The fourth-order valence-corrected chi connectivity index (χ4v) is 6.60. The van der Waals surface area contributed by atoms with Gasteiger partial charge in [-0.05, 0) is 67.4 Å². The van der Waals surface area contributed by atoms with Crippen LogP contribution in [0.1, 0.15) is 32.1 Å². The second-order valence-electron chi connectivity index (χ2n) is 10.1. The molecule has 0 radical (unpaired) electrons. The molecule has 2 heterocycles. The molecule has 1 aliphatic rings. The third-order valence-corrected chi connectivity index (χ3v) is 8.96. The number of halogens is 4. The second kappa shape index (κ2) is 12.9. The second-order valence-corrected chi connectivity index (χ2v) is 12.5. The van der Waals surface area contributed by atoms with Gasteiger partial charge >= 0.3 is 6.18 Å². The number of pyridine rings is 1. The normalized spacial score (nSPS) is 17.5. The summed E-state index contributed by atoms with van der Waals surface area (Å²) in [5.41, 5.74) is -1.41. The van der Waals surface area contributed by atoms with E-state index in [4.69, 9.17) is 16.3 Å². The van der Waals surface area contributed by atoms with E-state index < -0.39 is 45.4 Å². The van der Waals surface area contributed by atoms with Gasteiger partial charge < -0.3 is 20.1 Å². The molecule has 1 aromatic heterocycles. The van der Waals surface area contributed by atoms with Crippen LogP contribution < -0.4 is 10.1 Å². The molecule has 0 saturated heterocycles.